The van der Waals surface area contributed by atoms with Gasteiger partial charge in [-0.25, -0.2) is 4.39 Å². The number of halogens is 16. The van der Waals surface area contributed by atoms with Gasteiger partial charge in [-0.1, -0.05) is 71.4 Å². The number of thiophene rings is 5. The summed E-state index contributed by atoms with van der Waals surface area (Å²) in [5, 5.41) is 27.8. The number of carbonyl (C=O) groups is 5. The summed E-state index contributed by atoms with van der Waals surface area (Å²) in [6.07, 6.45) is -18.8. The zero-order valence-electron chi connectivity index (χ0n) is 68.7. The van der Waals surface area contributed by atoms with Crippen LogP contribution in [0.2, 0.25) is 0 Å². The van der Waals surface area contributed by atoms with Gasteiger partial charge in [0.1, 0.15) is 62.8 Å². The van der Waals surface area contributed by atoms with Crippen molar-refractivity contribution in [1.82, 2.24) is 74.7 Å². The number of amides is 5. The summed E-state index contributed by atoms with van der Waals surface area (Å²) in [6.45, 7) is 15.8. The van der Waals surface area contributed by atoms with Gasteiger partial charge in [0.25, 0.3) is 29.5 Å². The minimum Gasteiger partial charge on any atom is -0.368 e. The smallest absolute Gasteiger partial charge is 0.368 e. The van der Waals surface area contributed by atoms with Crippen LogP contribution in [0, 0.1) is 23.6 Å². The van der Waals surface area contributed by atoms with Gasteiger partial charge < -0.3 is 30.7 Å². The summed E-state index contributed by atoms with van der Waals surface area (Å²) < 4.78 is 210. The van der Waals surface area contributed by atoms with Crippen LogP contribution in [0.5, 0.6) is 0 Å². The molecule has 1 atom stereocenters. The lowest BCUT2D eigenvalue weighted by Crippen LogP contribution is -2.48. The number of nitrogens with zero attached hydrogens (tertiary/aromatic N) is 13. The van der Waals surface area contributed by atoms with Gasteiger partial charge >= 0.3 is 30.9 Å². The number of para-hydroxylation sites is 1. The molecule has 3 N–H and O–H groups in total. The van der Waals surface area contributed by atoms with Crippen molar-refractivity contribution in [3.63, 3.8) is 0 Å². The van der Waals surface area contributed by atoms with E-state index in [-0.39, 0.29) is 63.8 Å². The van der Waals surface area contributed by atoms with E-state index >= 15 is 0 Å². The molecule has 1 unspecified atom stereocenters. The molecule has 5 amide bonds. The molecule has 2 aliphatic heterocycles. The number of hydrogen-bond acceptors (Lipinski definition) is 16. The summed E-state index contributed by atoms with van der Waals surface area (Å²) in [4.78, 5) is 72.3. The molecule has 0 saturated carbocycles. The van der Waals surface area contributed by atoms with E-state index in [0.29, 0.717) is 106 Å². The van der Waals surface area contributed by atoms with Crippen LogP contribution < -0.4 is 20.9 Å². The highest BCUT2D eigenvalue weighted by Crippen LogP contribution is 2.41. The number of aryl methyl sites for hydroxylation is 5. The van der Waals surface area contributed by atoms with E-state index in [9.17, 15) is 94.2 Å². The van der Waals surface area contributed by atoms with Crippen LogP contribution in [0.3, 0.4) is 0 Å². The number of rotatable bonds is 19. The van der Waals surface area contributed by atoms with Crippen molar-refractivity contribution >= 4 is 91.9 Å². The molecule has 42 heteroatoms. The van der Waals surface area contributed by atoms with E-state index in [1.165, 1.54) is 70.0 Å². The SMILES string of the molecule is CC(C)CNC(=O)c1ccc(-c2cc(C(F)(F)F)n(C)n2)s1.CC1CCN(C(=O)c2ccc(-c3cc(C(F)(F)F)n(C)n3)s2)CC1.CCC(C)CNC(=O)c1ccc(-c2cc(C(F)(F)F)n(C)n2)s1.Cn1nc(-c2ccc(C(=O)N3CCN(c4ccccc4)CC3)s2)cc1C(F)(F)F.Cn1nc(-c2ccc(C(=O)NCCc3ccc(F)cc3)s2)cc1C(F)(F)F. The first-order valence-electron chi connectivity index (χ1n) is 38.8. The third kappa shape index (κ3) is 25.9. The van der Waals surface area contributed by atoms with Gasteiger partial charge in [0.05, 0.1) is 48.8 Å². The summed E-state index contributed by atoms with van der Waals surface area (Å²) in [5.74, 6) is 0.105. The number of piperazine rings is 1. The highest BCUT2D eigenvalue weighted by atomic mass is 32.1. The minimum atomic E-state index is -4.49. The number of carbonyl (C=O) groups excluding carboxylic acids is 5. The van der Waals surface area contributed by atoms with E-state index in [4.69, 9.17) is 0 Å². The van der Waals surface area contributed by atoms with Crippen molar-refractivity contribution in [1.29, 1.82) is 0 Å². The van der Waals surface area contributed by atoms with Crippen LogP contribution in [-0.2, 0) is 72.5 Å². The zero-order chi connectivity index (χ0) is 91.4. The van der Waals surface area contributed by atoms with E-state index in [0.717, 1.165) is 144 Å². The van der Waals surface area contributed by atoms with Crippen LogP contribution in [0.15, 0.2) is 146 Å². The Morgan fingerprint density at radius 1 is 0.400 bits per heavy atom. The third-order valence-electron chi connectivity index (χ3n) is 19.6. The standard InChI is InChI=1S/C20H19F3N4OS.C18H15F4N3OS.C16H18F3N3OS.C15H18F3N3OS.C14H16F3N3OS/c1-25-18(20(21,22)23)13-15(24-25)16-7-8-17(29-16)19(28)27-11-9-26(10-12-27)14-5-3-2-4-6-14;1-25-16(18(20,21)22)10-13(24-25)14-6-7-15(27-14)17(26)23-9-8-11-2-4-12(19)5-3-11;1-10-5-7-22(8-6-10)15(23)13-4-3-12(24-13)11-9-14(16(17,18)19)21(2)20-11;1-4-9(2)8-19-14(22)12-6-5-11(23-12)10-7-13(15(16,17)18)21(3)20-10;1-8(2)7-18-13(21)11-5-4-10(22-11)9-6-12(14(15,16)17)20(3)19-9/h2-8,13H,9-12H2,1H3;2-7,10H,8-9H2,1H3,(H,23,26);3-4,9-10H,5-8H2,1-2H3;5-7,9H,4,8H2,1-3H3,(H,19,22);4-6,8H,7H2,1-3H3,(H,18,21). The summed E-state index contributed by atoms with van der Waals surface area (Å²) in [7, 11) is 6.25. The molecule has 0 bridgehead atoms. The summed E-state index contributed by atoms with van der Waals surface area (Å²) in [6, 6.07) is 37.2. The lowest BCUT2D eigenvalue weighted by molar-refractivity contribution is -0.144. The maximum atomic E-state index is 13.0. The Labute approximate surface area is 727 Å². The van der Waals surface area contributed by atoms with Crippen LogP contribution >= 0.6 is 56.7 Å². The lowest BCUT2D eigenvalue weighted by atomic mass is 9.99. The van der Waals surface area contributed by atoms with E-state index in [1.807, 2.05) is 62.9 Å². The van der Waals surface area contributed by atoms with Crippen molar-refractivity contribution in [2.24, 2.45) is 53.0 Å². The second-order valence-corrected chi connectivity index (χ2v) is 35.0. The minimum absolute atomic E-state index is 0.0508. The number of nitrogens with one attached hydrogen (secondary N) is 3. The molecule has 0 aliphatic carbocycles. The van der Waals surface area contributed by atoms with Crippen molar-refractivity contribution in [3.05, 3.63) is 210 Å². The average molecular weight is 1850 g/mol. The van der Waals surface area contributed by atoms with Crippen LogP contribution in [0.1, 0.15) is 136 Å². The fourth-order valence-corrected chi connectivity index (χ4v) is 17.0. The summed E-state index contributed by atoms with van der Waals surface area (Å²) >= 11 is 5.68. The van der Waals surface area contributed by atoms with Gasteiger partial charge in [-0.2, -0.15) is 91.3 Å². The molecule has 2 aromatic carbocycles. The Morgan fingerprint density at radius 3 is 1.02 bits per heavy atom. The van der Waals surface area contributed by atoms with Gasteiger partial charge in [-0.3, -0.25) is 47.4 Å². The van der Waals surface area contributed by atoms with Gasteiger partial charge in [0.15, 0.2) is 0 Å². The number of benzene rings is 2. The molecule has 14 rings (SSSR count). The van der Waals surface area contributed by atoms with E-state index < -0.39 is 59.4 Å². The first-order valence-corrected chi connectivity index (χ1v) is 42.9. The molecular formula is C83H86F16N16O5S5. The third-order valence-corrected chi connectivity index (χ3v) is 25.1. The molecule has 2 fully saturated rings. The Bertz CT molecular complexity index is 5630. The van der Waals surface area contributed by atoms with E-state index in [1.54, 1.807) is 77.7 Å². The topological polar surface area (TPSA) is 220 Å². The molecule has 0 spiro atoms. The van der Waals surface area contributed by atoms with Crippen LogP contribution in [-0.4, -0.2) is 147 Å². The fourth-order valence-electron chi connectivity index (χ4n) is 12.5. The number of likely N-dealkylation sites (tertiary alicyclic amines) is 1. The highest BCUT2D eigenvalue weighted by molar-refractivity contribution is 7.18. The average Bonchev–Trinajstić information content (AvgIpc) is 1.72. The zero-order valence-corrected chi connectivity index (χ0v) is 72.8. The monoisotopic (exact) mass is 1850 g/mol. The quantitative estimate of drug-likeness (QED) is 0.0646. The lowest BCUT2D eigenvalue weighted by Gasteiger charge is -2.36. The van der Waals surface area contributed by atoms with Gasteiger partial charge in [-0.05, 0) is 158 Å². The molecule has 12 heterocycles. The number of piperidine rings is 1. The first-order chi connectivity index (χ1) is 58.7. The predicted octanol–water partition coefficient (Wildman–Crippen LogP) is 19.9. The van der Waals surface area contributed by atoms with Gasteiger partial charge in [-0.15, -0.1) is 56.7 Å². The highest BCUT2D eigenvalue weighted by Gasteiger charge is 2.40. The fraction of sp³-hybridized carbons (Fsp3) is 0.373. The van der Waals surface area contributed by atoms with Crippen molar-refractivity contribution in [2.75, 3.05) is 63.8 Å². The number of anilines is 1. The number of hydrogen-bond donors (Lipinski definition) is 3. The largest absolute Gasteiger partial charge is 0.433 e. The molecule has 21 nitrogen and oxygen atoms in total. The second kappa shape index (κ2) is 41.0. The second-order valence-electron chi connectivity index (χ2n) is 29.5. The molecule has 10 aromatic heterocycles. The molecule has 125 heavy (non-hydrogen) atoms. The number of alkyl halides is 15. The summed E-state index contributed by atoms with van der Waals surface area (Å²) in [5.41, 5.74) is -1.03. The Hall–Kier alpha value is -11.0. The molecular weight excluding hydrogens is 1770 g/mol. The van der Waals surface area contributed by atoms with Crippen LogP contribution in [0.25, 0.3) is 52.9 Å². The van der Waals surface area contributed by atoms with Crippen molar-refractivity contribution < 1.29 is 94.2 Å². The molecule has 2 saturated heterocycles. The maximum Gasteiger partial charge on any atom is 0.433 e. The molecule has 670 valence electrons. The molecule has 2 aliphatic rings. The Kier molecular flexibility index (Phi) is 31.6. The van der Waals surface area contributed by atoms with Crippen LogP contribution in [0.4, 0.5) is 75.9 Å². The Balaban J connectivity index is 0.000000164. The predicted molar refractivity (Wildman–Crippen MR) is 448 cm³/mol. The van der Waals surface area contributed by atoms with Crippen molar-refractivity contribution in [2.45, 2.75) is 91.2 Å². The molecule has 0 radical (unpaired) electrons. The normalized spacial score (nSPS) is 13.7. The maximum absolute atomic E-state index is 13.0. The Morgan fingerprint density at radius 2 is 0.704 bits per heavy atom. The van der Waals surface area contributed by atoms with Gasteiger partial charge in [0, 0.05) is 99.8 Å². The molecule has 12 aromatic rings. The van der Waals surface area contributed by atoms with E-state index in [2.05, 4.69) is 53.3 Å². The number of aromatic nitrogens is 10. The van der Waals surface area contributed by atoms with Crippen molar-refractivity contribution in [3.8, 4) is 52.9 Å². The van der Waals surface area contributed by atoms with Gasteiger partial charge in [0.2, 0.25) is 0 Å². The first kappa shape index (κ1) is 96.2.